The van der Waals surface area contributed by atoms with Gasteiger partial charge in [-0.25, -0.2) is 0 Å². The Morgan fingerprint density at radius 1 is 1.40 bits per heavy atom. The van der Waals surface area contributed by atoms with Crippen molar-refractivity contribution in [2.45, 2.75) is 37.9 Å². The first-order valence-electron chi connectivity index (χ1n) is 7.32. The second-order valence-electron chi connectivity index (χ2n) is 5.54. The summed E-state index contributed by atoms with van der Waals surface area (Å²) in [5.74, 6) is 0.229. The minimum Gasteiger partial charge on any atom is -0.378 e. The first-order valence-corrected chi connectivity index (χ1v) is 7.32. The highest BCUT2D eigenvalue weighted by atomic mass is 16.5. The average Bonchev–Trinajstić information content (AvgIpc) is 3.31. The number of rotatable bonds is 5. The monoisotopic (exact) mass is 275 g/mol. The van der Waals surface area contributed by atoms with Crippen LogP contribution in [0.25, 0.3) is 0 Å². The zero-order chi connectivity index (χ0) is 13.8. The van der Waals surface area contributed by atoms with E-state index in [2.05, 4.69) is 10.3 Å². The van der Waals surface area contributed by atoms with Gasteiger partial charge in [-0.05, 0) is 30.5 Å². The number of nitrogens with zero attached hydrogens (tertiary/aromatic N) is 2. The van der Waals surface area contributed by atoms with Crippen molar-refractivity contribution in [1.29, 1.82) is 0 Å². The van der Waals surface area contributed by atoms with Crippen molar-refractivity contribution in [3.63, 3.8) is 0 Å². The molecule has 108 valence electrons. The van der Waals surface area contributed by atoms with Crippen LogP contribution in [0.2, 0.25) is 0 Å². The molecule has 0 aromatic carbocycles. The van der Waals surface area contributed by atoms with E-state index in [1.54, 1.807) is 12.4 Å². The highest BCUT2D eigenvalue weighted by Crippen LogP contribution is 2.29. The molecule has 0 spiro atoms. The molecule has 1 aromatic heterocycles. The minimum atomic E-state index is 0.162. The normalized spacial score (nSPS) is 22.5. The molecule has 1 N–H and O–H groups in total. The summed E-state index contributed by atoms with van der Waals surface area (Å²) in [6, 6.07) is 4.55. The van der Waals surface area contributed by atoms with E-state index in [0.29, 0.717) is 25.6 Å². The lowest BCUT2D eigenvalue weighted by Gasteiger charge is -2.28. The second kappa shape index (κ2) is 6.33. The van der Waals surface area contributed by atoms with Gasteiger partial charge in [-0.1, -0.05) is 0 Å². The third kappa shape index (κ3) is 3.55. The topological polar surface area (TPSA) is 54.5 Å². The highest BCUT2D eigenvalue weighted by Gasteiger charge is 2.33. The molecule has 2 fully saturated rings. The predicted molar refractivity (Wildman–Crippen MR) is 75.0 cm³/mol. The average molecular weight is 275 g/mol. The lowest BCUT2D eigenvalue weighted by atomic mass is 10.1. The Kier molecular flexibility index (Phi) is 4.28. The first-order chi connectivity index (χ1) is 9.83. The molecular formula is C15H21N3O2. The zero-order valence-electron chi connectivity index (χ0n) is 11.6. The van der Waals surface area contributed by atoms with E-state index >= 15 is 0 Å². The number of amides is 1. The third-order valence-corrected chi connectivity index (χ3v) is 3.83. The molecule has 1 saturated heterocycles. The van der Waals surface area contributed by atoms with Gasteiger partial charge in [0.05, 0.1) is 13.2 Å². The number of carbonyl (C=O) groups is 1. The van der Waals surface area contributed by atoms with Crippen LogP contribution < -0.4 is 5.32 Å². The Morgan fingerprint density at radius 3 is 2.85 bits per heavy atom. The molecule has 5 nitrogen and oxygen atoms in total. The smallest absolute Gasteiger partial charge is 0.224 e. The maximum Gasteiger partial charge on any atom is 0.224 e. The highest BCUT2D eigenvalue weighted by molar-refractivity contribution is 5.77. The summed E-state index contributed by atoms with van der Waals surface area (Å²) < 4.78 is 5.42. The molecule has 1 atom stereocenters. The van der Waals surface area contributed by atoms with Crippen LogP contribution in [0.3, 0.4) is 0 Å². The van der Waals surface area contributed by atoms with Crippen molar-refractivity contribution in [3.8, 4) is 0 Å². The molecule has 1 amide bonds. The number of nitrogens with one attached hydrogen (secondary N) is 1. The lowest BCUT2D eigenvalue weighted by Crippen LogP contribution is -2.45. The molecule has 1 aliphatic heterocycles. The molecule has 2 aliphatic rings. The predicted octanol–water partition coefficient (Wildman–Crippen LogP) is 0.951. The van der Waals surface area contributed by atoms with E-state index < -0.39 is 0 Å². The summed E-state index contributed by atoms with van der Waals surface area (Å²) in [5.41, 5.74) is 1.15. The maximum atomic E-state index is 12.5. The van der Waals surface area contributed by atoms with E-state index in [1.165, 1.54) is 0 Å². The number of hydrogen-bond donors (Lipinski definition) is 1. The van der Waals surface area contributed by atoms with Crippen LogP contribution >= 0.6 is 0 Å². The van der Waals surface area contributed by atoms with E-state index in [4.69, 9.17) is 4.74 Å². The fourth-order valence-corrected chi connectivity index (χ4v) is 2.57. The molecule has 3 rings (SSSR count). The van der Waals surface area contributed by atoms with Crippen LogP contribution in [0.15, 0.2) is 24.5 Å². The molecule has 20 heavy (non-hydrogen) atoms. The van der Waals surface area contributed by atoms with Crippen LogP contribution in [0.4, 0.5) is 0 Å². The van der Waals surface area contributed by atoms with Gasteiger partial charge in [-0.2, -0.15) is 0 Å². The summed E-state index contributed by atoms with van der Waals surface area (Å²) in [6.07, 6.45) is 6.35. The van der Waals surface area contributed by atoms with E-state index in [1.807, 2.05) is 17.0 Å². The summed E-state index contributed by atoms with van der Waals surface area (Å²) in [4.78, 5) is 18.6. The Bertz CT molecular complexity index is 442. The van der Waals surface area contributed by atoms with Crippen molar-refractivity contribution >= 4 is 5.91 Å². The number of hydrogen-bond acceptors (Lipinski definition) is 4. The van der Waals surface area contributed by atoms with Crippen molar-refractivity contribution in [3.05, 3.63) is 30.1 Å². The zero-order valence-corrected chi connectivity index (χ0v) is 11.6. The number of aromatic nitrogens is 1. The molecule has 1 aliphatic carbocycles. The molecule has 1 saturated carbocycles. The van der Waals surface area contributed by atoms with Crippen LogP contribution in [-0.2, 0) is 16.1 Å². The van der Waals surface area contributed by atoms with Crippen LogP contribution in [0, 0.1) is 0 Å². The van der Waals surface area contributed by atoms with Crippen LogP contribution in [0.1, 0.15) is 24.8 Å². The van der Waals surface area contributed by atoms with Gasteiger partial charge in [0.15, 0.2) is 0 Å². The summed E-state index contributed by atoms with van der Waals surface area (Å²) in [6.45, 7) is 2.92. The van der Waals surface area contributed by atoms with Gasteiger partial charge in [0.2, 0.25) is 5.91 Å². The Morgan fingerprint density at radius 2 is 2.20 bits per heavy atom. The largest absolute Gasteiger partial charge is 0.378 e. The minimum absolute atomic E-state index is 0.162. The molecule has 2 heterocycles. The Balaban J connectivity index is 1.59. The van der Waals surface area contributed by atoms with Crippen LogP contribution in [-0.4, -0.2) is 47.6 Å². The van der Waals surface area contributed by atoms with Gasteiger partial charge >= 0.3 is 0 Å². The van der Waals surface area contributed by atoms with Gasteiger partial charge in [0.25, 0.3) is 0 Å². The van der Waals surface area contributed by atoms with Crippen molar-refractivity contribution < 1.29 is 9.53 Å². The third-order valence-electron chi connectivity index (χ3n) is 3.83. The maximum absolute atomic E-state index is 12.5. The van der Waals surface area contributed by atoms with Gasteiger partial charge in [-0.15, -0.1) is 0 Å². The van der Waals surface area contributed by atoms with Gasteiger partial charge in [0.1, 0.15) is 0 Å². The van der Waals surface area contributed by atoms with Crippen molar-refractivity contribution in [2.75, 3.05) is 19.8 Å². The molecular weight excluding hydrogens is 254 g/mol. The fraction of sp³-hybridized carbons (Fsp3) is 0.600. The van der Waals surface area contributed by atoms with E-state index in [9.17, 15) is 4.79 Å². The number of morpholine rings is 1. The Hall–Kier alpha value is -1.46. The van der Waals surface area contributed by atoms with Crippen molar-refractivity contribution in [1.82, 2.24) is 15.2 Å². The number of carbonyl (C=O) groups excluding carboxylic acids is 1. The second-order valence-corrected chi connectivity index (χ2v) is 5.54. The van der Waals surface area contributed by atoms with Gasteiger partial charge in [-0.3, -0.25) is 9.78 Å². The van der Waals surface area contributed by atoms with Gasteiger partial charge < -0.3 is 15.0 Å². The molecule has 0 bridgehead atoms. The van der Waals surface area contributed by atoms with Gasteiger partial charge in [0, 0.05) is 44.0 Å². The summed E-state index contributed by atoms with van der Waals surface area (Å²) in [7, 11) is 0. The first kappa shape index (κ1) is 13.5. The van der Waals surface area contributed by atoms with E-state index in [0.717, 1.165) is 31.6 Å². The molecule has 1 unspecified atom stereocenters. The quantitative estimate of drug-likeness (QED) is 0.869. The number of pyridine rings is 1. The molecule has 5 heteroatoms. The summed E-state index contributed by atoms with van der Waals surface area (Å²) in [5, 5.41) is 3.35. The van der Waals surface area contributed by atoms with Crippen LogP contribution in [0.5, 0.6) is 0 Å². The lowest BCUT2D eigenvalue weighted by molar-refractivity contribution is -0.133. The number of ether oxygens (including phenoxy) is 1. The standard InChI is InChI=1S/C15H21N3O2/c19-15(9-13-11-20-8-7-17-13)18(14-1-2-14)10-12-3-5-16-6-4-12/h3-6,13-14,17H,1-2,7-11H2. The molecule has 0 radical (unpaired) electrons. The molecule has 1 aromatic rings. The SMILES string of the molecule is O=C(CC1COCCN1)N(Cc1ccncc1)C1CC1. The Labute approximate surface area is 119 Å². The summed E-state index contributed by atoms with van der Waals surface area (Å²) >= 11 is 0. The fourth-order valence-electron chi connectivity index (χ4n) is 2.57. The van der Waals surface area contributed by atoms with Crippen molar-refractivity contribution in [2.24, 2.45) is 0 Å². The van der Waals surface area contributed by atoms with E-state index in [-0.39, 0.29) is 11.9 Å².